The van der Waals surface area contributed by atoms with Gasteiger partial charge in [0.2, 0.25) is 0 Å². The molecule has 1 atom stereocenters. The van der Waals surface area contributed by atoms with Crippen molar-refractivity contribution in [3.8, 4) is 28.4 Å². The lowest BCUT2D eigenvalue weighted by molar-refractivity contribution is -0.146. The third-order valence-corrected chi connectivity index (χ3v) is 7.11. The molecule has 0 unspecified atom stereocenters. The van der Waals surface area contributed by atoms with Crippen LogP contribution in [0.5, 0.6) is 17.2 Å². The number of carbonyl (C=O) groups is 2. The molecular weight excluding hydrogens is 528 g/mol. The first-order valence-corrected chi connectivity index (χ1v) is 15.3. The average molecular weight is 575 g/mol. The SMILES string of the molecule is CCCCCCCOc1c(C)cc(C(=O)Oc2ccc(-c3ccc(OC(=O)[C@H](C)OCCCCC)cc3)cc2)cc1C. The van der Waals surface area contributed by atoms with Gasteiger partial charge in [0.15, 0.2) is 6.10 Å². The number of benzene rings is 3. The molecule has 0 saturated heterocycles. The zero-order chi connectivity index (χ0) is 30.3. The number of rotatable bonds is 17. The fourth-order valence-corrected chi connectivity index (χ4v) is 4.65. The van der Waals surface area contributed by atoms with Crippen LogP contribution in [0.1, 0.15) is 93.6 Å². The van der Waals surface area contributed by atoms with Crippen molar-refractivity contribution in [2.45, 2.75) is 92.1 Å². The molecule has 0 saturated carbocycles. The largest absolute Gasteiger partial charge is 0.493 e. The number of carbonyl (C=O) groups excluding carboxylic acids is 2. The van der Waals surface area contributed by atoms with Gasteiger partial charge in [0.05, 0.1) is 12.2 Å². The Morgan fingerprint density at radius 1 is 0.667 bits per heavy atom. The summed E-state index contributed by atoms with van der Waals surface area (Å²) in [5.41, 5.74) is 4.24. The Morgan fingerprint density at radius 3 is 1.74 bits per heavy atom. The first-order valence-electron chi connectivity index (χ1n) is 15.3. The van der Waals surface area contributed by atoms with Crippen LogP contribution in [0.3, 0.4) is 0 Å². The minimum absolute atomic E-state index is 0.407. The molecule has 42 heavy (non-hydrogen) atoms. The normalized spacial score (nSPS) is 11.6. The Kier molecular flexibility index (Phi) is 13.6. The quantitative estimate of drug-likeness (QED) is 0.0910. The maximum absolute atomic E-state index is 12.9. The van der Waals surface area contributed by atoms with Crippen LogP contribution in [0.15, 0.2) is 60.7 Å². The Morgan fingerprint density at radius 2 is 1.17 bits per heavy atom. The van der Waals surface area contributed by atoms with E-state index >= 15 is 0 Å². The molecule has 0 radical (unpaired) electrons. The summed E-state index contributed by atoms with van der Waals surface area (Å²) in [6.45, 7) is 11.2. The molecule has 0 N–H and O–H groups in total. The molecule has 6 heteroatoms. The molecule has 3 rings (SSSR count). The Balaban J connectivity index is 1.52. The number of hydrogen-bond donors (Lipinski definition) is 0. The second-order valence-corrected chi connectivity index (χ2v) is 10.8. The molecule has 0 bridgehead atoms. The number of unbranched alkanes of at least 4 members (excludes halogenated alkanes) is 6. The van der Waals surface area contributed by atoms with E-state index in [-0.39, 0.29) is 0 Å². The first-order chi connectivity index (χ1) is 20.3. The minimum Gasteiger partial charge on any atom is -0.493 e. The molecule has 3 aromatic carbocycles. The Bertz CT molecular complexity index is 1240. The standard InChI is InChI=1S/C36H46O6/c1-6-8-10-11-13-23-40-34-26(3)24-31(25-27(34)4)36(38)42-33-20-16-30(17-21-33)29-14-18-32(19-15-29)41-35(37)28(5)39-22-12-9-7-2/h14-21,24-25,28H,6-13,22-23H2,1-5H3/t28-/m0/s1. The summed E-state index contributed by atoms with van der Waals surface area (Å²) < 4.78 is 22.7. The lowest BCUT2D eigenvalue weighted by atomic mass is 10.1. The number of hydrogen-bond acceptors (Lipinski definition) is 6. The topological polar surface area (TPSA) is 71.1 Å². The fourth-order valence-electron chi connectivity index (χ4n) is 4.65. The van der Waals surface area contributed by atoms with Crippen molar-refractivity contribution in [1.29, 1.82) is 0 Å². The van der Waals surface area contributed by atoms with E-state index in [9.17, 15) is 9.59 Å². The lowest BCUT2D eigenvalue weighted by Gasteiger charge is -2.14. The molecule has 0 aliphatic carbocycles. The molecule has 0 fully saturated rings. The number of esters is 2. The van der Waals surface area contributed by atoms with Crippen molar-refractivity contribution in [3.05, 3.63) is 77.4 Å². The molecule has 0 heterocycles. The van der Waals surface area contributed by atoms with Crippen molar-refractivity contribution in [1.82, 2.24) is 0 Å². The second kappa shape index (κ2) is 17.3. The molecule has 0 aliphatic rings. The Hall–Kier alpha value is -3.64. The summed E-state index contributed by atoms with van der Waals surface area (Å²) in [5.74, 6) is 0.959. The second-order valence-electron chi connectivity index (χ2n) is 10.8. The summed E-state index contributed by atoms with van der Waals surface area (Å²) in [6.07, 6.45) is 8.43. The van der Waals surface area contributed by atoms with Crippen LogP contribution in [-0.4, -0.2) is 31.3 Å². The molecule has 226 valence electrons. The predicted molar refractivity (Wildman–Crippen MR) is 168 cm³/mol. The van der Waals surface area contributed by atoms with Gasteiger partial charge < -0.3 is 18.9 Å². The van der Waals surface area contributed by atoms with Crippen LogP contribution in [0.25, 0.3) is 11.1 Å². The first kappa shape index (κ1) is 32.9. The van der Waals surface area contributed by atoms with E-state index in [1.54, 1.807) is 31.2 Å². The van der Waals surface area contributed by atoms with E-state index in [2.05, 4.69) is 13.8 Å². The maximum Gasteiger partial charge on any atom is 0.343 e. The lowest BCUT2D eigenvalue weighted by Crippen LogP contribution is -2.26. The van der Waals surface area contributed by atoms with Gasteiger partial charge in [0, 0.05) is 6.61 Å². The molecule has 3 aromatic rings. The van der Waals surface area contributed by atoms with Crippen molar-refractivity contribution >= 4 is 11.9 Å². The average Bonchev–Trinajstić information content (AvgIpc) is 2.98. The third kappa shape index (κ3) is 10.3. The van der Waals surface area contributed by atoms with Gasteiger partial charge in [-0.25, -0.2) is 9.59 Å². The van der Waals surface area contributed by atoms with Crippen LogP contribution < -0.4 is 14.2 Å². The zero-order valence-electron chi connectivity index (χ0n) is 25.9. The molecule has 0 aliphatic heterocycles. The smallest absolute Gasteiger partial charge is 0.343 e. The van der Waals surface area contributed by atoms with Gasteiger partial charge in [-0.1, -0.05) is 76.6 Å². The third-order valence-electron chi connectivity index (χ3n) is 7.11. The molecule has 0 aromatic heterocycles. The van der Waals surface area contributed by atoms with E-state index in [1.807, 2.05) is 50.2 Å². The van der Waals surface area contributed by atoms with Crippen LogP contribution >= 0.6 is 0 Å². The zero-order valence-corrected chi connectivity index (χ0v) is 25.9. The molecular formula is C36H46O6. The monoisotopic (exact) mass is 574 g/mol. The number of aryl methyl sites for hydroxylation is 2. The maximum atomic E-state index is 12.9. The van der Waals surface area contributed by atoms with Gasteiger partial charge in [0.1, 0.15) is 17.2 Å². The van der Waals surface area contributed by atoms with Gasteiger partial charge in [-0.2, -0.15) is 0 Å². The fraction of sp³-hybridized carbons (Fsp3) is 0.444. The number of ether oxygens (including phenoxy) is 4. The van der Waals surface area contributed by atoms with Crippen molar-refractivity contribution < 1.29 is 28.5 Å². The highest BCUT2D eigenvalue weighted by atomic mass is 16.6. The van der Waals surface area contributed by atoms with Gasteiger partial charge in [0.25, 0.3) is 0 Å². The molecule has 0 amide bonds. The van der Waals surface area contributed by atoms with Crippen molar-refractivity contribution in [3.63, 3.8) is 0 Å². The predicted octanol–water partition coefficient (Wildman–Crippen LogP) is 9.04. The van der Waals surface area contributed by atoms with Gasteiger partial charge in [-0.15, -0.1) is 0 Å². The summed E-state index contributed by atoms with van der Waals surface area (Å²) in [7, 11) is 0. The van der Waals surface area contributed by atoms with Gasteiger partial charge in [-0.05, 0) is 92.3 Å². The van der Waals surface area contributed by atoms with Gasteiger partial charge in [-0.3, -0.25) is 0 Å². The van der Waals surface area contributed by atoms with Crippen LogP contribution in [0, 0.1) is 13.8 Å². The van der Waals surface area contributed by atoms with Crippen molar-refractivity contribution in [2.24, 2.45) is 0 Å². The van der Waals surface area contributed by atoms with E-state index in [4.69, 9.17) is 18.9 Å². The Labute approximate surface area is 251 Å². The summed E-state index contributed by atoms with van der Waals surface area (Å²) >= 11 is 0. The highest BCUT2D eigenvalue weighted by Crippen LogP contribution is 2.28. The van der Waals surface area contributed by atoms with Crippen molar-refractivity contribution in [2.75, 3.05) is 13.2 Å². The highest BCUT2D eigenvalue weighted by Gasteiger charge is 2.16. The van der Waals surface area contributed by atoms with E-state index in [0.717, 1.165) is 53.7 Å². The van der Waals surface area contributed by atoms with Crippen LogP contribution in [0.2, 0.25) is 0 Å². The summed E-state index contributed by atoms with van der Waals surface area (Å²) in [6, 6.07) is 18.3. The van der Waals surface area contributed by atoms with E-state index in [1.165, 1.54) is 25.7 Å². The van der Waals surface area contributed by atoms with E-state index < -0.39 is 18.0 Å². The highest BCUT2D eigenvalue weighted by molar-refractivity contribution is 5.92. The van der Waals surface area contributed by atoms with Gasteiger partial charge >= 0.3 is 11.9 Å². The molecule has 0 spiro atoms. The van der Waals surface area contributed by atoms with E-state index in [0.29, 0.717) is 30.3 Å². The molecule has 6 nitrogen and oxygen atoms in total. The summed E-state index contributed by atoms with van der Waals surface area (Å²) in [4.78, 5) is 25.2. The minimum atomic E-state index is -0.610. The van der Waals surface area contributed by atoms with Crippen LogP contribution in [-0.2, 0) is 9.53 Å². The summed E-state index contributed by atoms with van der Waals surface area (Å²) in [5, 5.41) is 0. The van der Waals surface area contributed by atoms with Crippen LogP contribution in [0.4, 0.5) is 0 Å².